The van der Waals surface area contributed by atoms with Crippen LogP contribution in [-0.4, -0.2) is 87.2 Å². The Bertz CT molecular complexity index is 1310. The van der Waals surface area contributed by atoms with Crippen LogP contribution in [0.1, 0.15) is 31.1 Å². The topological polar surface area (TPSA) is 250 Å². The maximum Gasteiger partial charge on any atom is 0.338 e. The largest absolute Gasteiger partial charge is 0.504 e. The number of hydrogen-bond donors (Lipinski definition) is 8. The molecule has 0 aliphatic carbocycles. The van der Waals surface area contributed by atoms with Crippen molar-refractivity contribution < 1.29 is 74.2 Å². The Morgan fingerprint density at radius 1 is 0.525 bits per heavy atom. The van der Waals surface area contributed by atoms with Gasteiger partial charge in [-0.15, -0.1) is 0 Å². The average Bonchev–Trinajstić information content (AvgIpc) is 2.93. The normalized spacial score (nSPS) is 9.60. The molecule has 0 saturated carbocycles. The third-order valence-electron chi connectivity index (χ3n) is 4.72. The highest BCUT2D eigenvalue weighted by Crippen LogP contribution is 2.38. The molecule has 0 aliphatic heterocycles. The van der Waals surface area contributed by atoms with Gasteiger partial charge < -0.3 is 59.8 Å². The number of phenols is 6. The lowest BCUT2D eigenvalue weighted by Crippen LogP contribution is -2.01. The van der Waals surface area contributed by atoms with Gasteiger partial charge >= 0.3 is 17.9 Å². The second-order valence-electron chi connectivity index (χ2n) is 7.24. The van der Waals surface area contributed by atoms with E-state index in [0.717, 1.165) is 24.3 Å². The maximum absolute atomic E-state index is 10.9. The minimum atomic E-state index is -1.29. The molecule has 0 aliphatic rings. The van der Waals surface area contributed by atoms with Crippen LogP contribution in [0.15, 0.2) is 36.4 Å². The van der Waals surface area contributed by atoms with Crippen molar-refractivity contribution in [2.75, 3.05) is 28.4 Å². The third kappa shape index (κ3) is 8.14. The zero-order valence-electron chi connectivity index (χ0n) is 21.4. The first-order valence-electron chi connectivity index (χ1n) is 10.6. The van der Waals surface area contributed by atoms with Gasteiger partial charge in [0.05, 0.1) is 45.1 Å². The van der Waals surface area contributed by atoms with Gasteiger partial charge in [-0.05, 0) is 36.4 Å². The Labute approximate surface area is 225 Å². The molecule has 8 N–H and O–H groups in total. The average molecular weight is 566 g/mol. The molecule has 3 aromatic rings. The molecule has 216 valence electrons. The number of hydrogen-bond acceptors (Lipinski definition) is 13. The monoisotopic (exact) mass is 566 g/mol. The molecule has 0 spiro atoms. The summed E-state index contributed by atoms with van der Waals surface area (Å²) in [5.41, 5.74) is -0.234. The number of aromatic carboxylic acids is 2. The fourth-order valence-electron chi connectivity index (χ4n) is 2.77. The Balaban J connectivity index is 0.000000302. The zero-order valence-corrected chi connectivity index (χ0v) is 21.4. The lowest BCUT2D eigenvalue weighted by atomic mass is 10.2. The van der Waals surface area contributed by atoms with Crippen LogP contribution in [0.3, 0.4) is 0 Å². The molecular formula is C25H26O15. The van der Waals surface area contributed by atoms with Crippen LogP contribution >= 0.6 is 0 Å². The highest BCUT2D eigenvalue weighted by atomic mass is 16.5. The first kappa shape index (κ1) is 32.3. The van der Waals surface area contributed by atoms with Crippen LogP contribution in [0, 0.1) is 0 Å². The molecule has 0 atom stereocenters. The summed E-state index contributed by atoms with van der Waals surface area (Å²) in [6.45, 7) is 0. The number of benzene rings is 3. The number of carbonyl (C=O) groups excluding carboxylic acids is 1. The number of carbonyl (C=O) groups is 3. The fourth-order valence-corrected chi connectivity index (χ4v) is 2.77. The molecule has 3 rings (SSSR count). The zero-order chi connectivity index (χ0) is 30.7. The number of carboxylic acids is 2. The molecule has 0 unspecified atom stereocenters. The molecular weight excluding hydrogens is 540 g/mol. The number of phenolic OH excluding ortho intramolecular Hbond substituents is 6. The maximum atomic E-state index is 10.9. The summed E-state index contributed by atoms with van der Waals surface area (Å²) in [5, 5.41) is 70.7. The summed E-state index contributed by atoms with van der Waals surface area (Å²) in [7, 11) is 5.50. The Morgan fingerprint density at radius 3 is 1.12 bits per heavy atom. The summed E-state index contributed by atoms with van der Waals surface area (Å²) in [6.07, 6.45) is 0. The summed E-state index contributed by atoms with van der Waals surface area (Å²) >= 11 is 0. The molecule has 0 saturated heterocycles. The van der Waals surface area contributed by atoms with Crippen molar-refractivity contribution >= 4 is 17.9 Å². The van der Waals surface area contributed by atoms with Crippen LogP contribution in [0.25, 0.3) is 0 Å². The molecule has 15 nitrogen and oxygen atoms in total. The number of aromatic hydroxyl groups is 6. The first-order valence-corrected chi connectivity index (χ1v) is 10.6. The number of methoxy groups -OCH3 is 4. The second-order valence-corrected chi connectivity index (χ2v) is 7.24. The van der Waals surface area contributed by atoms with Gasteiger partial charge in [-0.25, -0.2) is 14.4 Å². The summed E-state index contributed by atoms with van der Waals surface area (Å²) in [4.78, 5) is 32.0. The Morgan fingerprint density at radius 2 is 0.850 bits per heavy atom. The van der Waals surface area contributed by atoms with Gasteiger partial charge in [0.2, 0.25) is 5.75 Å². The Hall–Kier alpha value is -5.73. The van der Waals surface area contributed by atoms with Crippen LogP contribution in [0.4, 0.5) is 0 Å². The van der Waals surface area contributed by atoms with Gasteiger partial charge in [0.25, 0.3) is 0 Å². The van der Waals surface area contributed by atoms with E-state index in [4.69, 9.17) is 55.1 Å². The molecule has 0 aromatic heterocycles. The molecule has 3 aromatic carbocycles. The van der Waals surface area contributed by atoms with Crippen LogP contribution in [0.5, 0.6) is 51.7 Å². The Kier molecular flexibility index (Phi) is 11.5. The third-order valence-corrected chi connectivity index (χ3v) is 4.72. The summed E-state index contributed by atoms with van der Waals surface area (Å²) in [5.74, 6) is -5.85. The molecule has 0 radical (unpaired) electrons. The molecule has 0 bridgehead atoms. The van der Waals surface area contributed by atoms with Crippen molar-refractivity contribution in [1.29, 1.82) is 0 Å². The van der Waals surface area contributed by atoms with Gasteiger partial charge in [0, 0.05) is 0 Å². The molecule has 0 heterocycles. The fraction of sp³-hybridized carbons (Fsp3) is 0.160. The number of carboxylic acid groups (broad SMARTS) is 2. The molecule has 40 heavy (non-hydrogen) atoms. The highest BCUT2D eigenvalue weighted by molar-refractivity contribution is 5.91. The lowest BCUT2D eigenvalue weighted by Gasteiger charge is -2.12. The number of rotatable bonds is 6. The molecule has 0 amide bonds. The first-order chi connectivity index (χ1) is 18.7. The van der Waals surface area contributed by atoms with E-state index < -0.39 is 52.4 Å². The van der Waals surface area contributed by atoms with E-state index in [-0.39, 0.29) is 16.7 Å². The van der Waals surface area contributed by atoms with Crippen LogP contribution in [0.2, 0.25) is 0 Å². The van der Waals surface area contributed by atoms with Crippen LogP contribution < -0.4 is 14.2 Å². The van der Waals surface area contributed by atoms with E-state index in [9.17, 15) is 14.4 Å². The second kappa shape index (κ2) is 14.3. The van der Waals surface area contributed by atoms with E-state index in [1.165, 1.54) is 40.6 Å². The number of esters is 1. The van der Waals surface area contributed by atoms with Gasteiger partial charge in [0.1, 0.15) is 0 Å². The summed E-state index contributed by atoms with van der Waals surface area (Å²) < 4.78 is 19.4. The van der Waals surface area contributed by atoms with Crippen molar-refractivity contribution in [2.24, 2.45) is 0 Å². The van der Waals surface area contributed by atoms with Crippen molar-refractivity contribution in [1.82, 2.24) is 0 Å². The van der Waals surface area contributed by atoms with Crippen molar-refractivity contribution in [3.05, 3.63) is 53.1 Å². The van der Waals surface area contributed by atoms with Gasteiger partial charge in [-0.1, -0.05) is 0 Å². The lowest BCUT2D eigenvalue weighted by molar-refractivity contribution is 0.0598. The van der Waals surface area contributed by atoms with E-state index in [1.807, 2.05) is 0 Å². The smallest absolute Gasteiger partial charge is 0.338 e. The predicted molar refractivity (Wildman–Crippen MR) is 134 cm³/mol. The standard InChI is InChI=1S/C10H12O5.C8H8O5.C7H6O5/c1-13-7-4-6(10(11)12)5-8(14-2)9(7)15-3;1-13-8(12)4-2-5(9)7(11)6(10)3-4;8-4-1-3(7(11)12)2-5(9)6(4)10/h4-5H,1-3H3,(H,11,12);2-3,9-11H,1H3;1-2,8-10H,(H,11,12). The van der Waals surface area contributed by atoms with Crippen LogP contribution in [-0.2, 0) is 4.74 Å². The van der Waals surface area contributed by atoms with E-state index in [2.05, 4.69) is 4.74 Å². The minimum absolute atomic E-state index is 0.0321. The van der Waals surface area contributed by atoms with Gasteiger partial charge in [-0.2, -0.15) is 0 Å². The molecule has 0 fully saturated rings. The van der Waals surface area contributed by atoms with Gasteiger partial charge in [0.15, 0.2) is 46.0 Å². The number of ether oxygens (including phenoxy) is 4. The van der Waals surface area contributed by atoms with Gasteiger partial charge in [-0.3, -0.25) is 0 Å². The van der Waals surface area contributed by atoms with E-state index in [0.29, 0.717) is 17.2 Å². The van der Waals surface area contributed by atoms with Crippen molar-refractivity contribution in [3.63, 3.8) is 0 Å². The minimum Gasteiger partial charge on any atom is -0.504 e. The predicted octanol–water partition coefficient (Wildman–Crippen LogP) is 2.50. The summed E-state index contributed by atoms with van der Waals surface area (Å²) in [6, 6.07) is 6.45. The quantitative estimate of drug-likeness (QED) is 0.158. The van der Waals surface area contributed by atoms with E-state index >= 15 is 0 Å². The highest BCUT2D eigenvalue weighted by Gasteiger charge is 2.16. The van der Waals surface area contributed by atoms with E-state index in [1.54, 1.807) is 0 Å². The SMILES string of the molecule is COC(=O)c1cc(O)c(O)c(O)c1.COc1cc(C(=O)O)cc(OC)c1OC.O=C(O)c1cc(O)c(O)c(O)c1. The van der Waals surface area contributed by atoms with Crippen molar-refractivity contribution in [2.45, 2.75) is 0 Å². The molecule has 15 heteroatoms. The van der Waals surface area contributed by atoms with Crippen molar-refractivity contribution in [3.8, 4) is 51.7 Å².